The van der Waals surface area contributed by atoms with Gasteiger partial charge in [0.25, 0.3) is 5.91 Å². The van der Waals surface area contributed by atoms with Crippen LogP contribution in [-0.2, 0) is 0 Å². The molecule has 1 atom stereocenters. The normalized spacial score (nSPS) is 11.9. The molecule has 0 aliphatic rings. The van der Waals surface area contributed by atoms with Crippen molar-refractivity contribution in [3.8, 4) is 5.75 Å². The first kappa shape index (κ1) is 15.3. The van der Waals surface area contributed by atoms with Crippen LogP contribution in [0, 0.1) is 0 Å². The fraction of sp³-hybridized carbons (Fsp3) is 0.500. The maximum absolute atomic E-state index is 12.1. The van der Waals surface area contributed by atoms with E-state index in [2.05, 4.69) is 17.6 Å². The number of amides is 1. The SMILES string of the molecule is CCC(CCNC)NC(=O)c1ccc(N)c(OC)c1. The number of anilines is 1. The second-order valence-electron chi connectivity index (χ2n) is 4.43. The summed E-state index contributed by atoms with van der Waals surface area (Å²) in [5.41, 5.74) is 6.82. The molecule has 1 rings (SSSR count). The van der Waals surface area contributed by atoms with Gasteiger partial charge in [0.2, 0.25) is 0 Å². The van der Waals surface area contributed by atoms with Gasteiger partial charge in [0.1, 0.15) is 5.75 Å². The standard InChI is InChI=1S/C14H23N3O2/c1-4-11(7-8-16-2)17-14(18)10-5-6-12(15)13(9-10)19-3/h5-6,9,11,16H,4,7-8,15H2,1-3H3,(H,17,18). The molecule has 0 radical (unpaired) electrons. The molecule has 0 bridgehead atoms. The fourth-order valence-corrected chi connectivity index (χ4v) is 1.82. The molecule has 1 amide bonds. The number of hydrogen-bond acceptors (Lipinski definition) is 4. The van der Waals surface area contributed by atoms with E-state index in [4.69, 9.17) is 10.5 Å². The van der Waals surface area contributed by atoms with E-state index < -0.39 is 0 Å². The van der Waals surface area contributed by atoms with Crippen LogP contribution < -0.4 is 21.1 Å². The van der Waals surface area contributed by atoms with E-state index in [1.165, 1.54) is 7.11 Å². The smallest absolute Gasteiger partial charge is 0.251 e. The summed E-state index contributed by atoms with van der Waals surface area (Å²) in [6, 6.07) is 5.22. The summed E-state index contributed by atoms with van der Waals surface area (Å²) in [7, 11) is 3.44. The number of nitrogens with two attached hydrogens (primary N) is 1. The molecule has 1 aromatic rings. The summed E-state index contributed by atoms with van der Waals surface area (Å²) in [4.78, 5) is 12.1. The van der Waals surface area contributed by atoms with Crippen molar-refractivity contribution in [2.75, 3.05) is 26.4 Å². The molecular weight excluding hydrogens is 242 g/mol. The van der Waals surface area contributed by atoms with Crippen molar-refractivity contribution >= 4 is 11.6 Å². The molecular formula is C14H23N3O2. The number of carbonyl (C=O) groups excluding carboxylic acids is 1. The Bertz CT molecular complexity index is 421. The first-order valence-electron chi connectivity index (χ1n) is 6.51. The molecule has 4 N–H and O–H groups in total. The van der Waals surface area contributed by atoms with Gasteiger partial charge in [0.05, 0.1) is 12.8 Å². The molecule has 0 saturated heterocycles. The number of carbonyl (C=O) groups is 1. The van der Waals surface area contributed by atoms with Gasteiger partial charge in [-0.3, -0.25) is 4.79 Å². The summed E-state index contributed by atoms with van der Waals surface area (Å²) in [6.07, 6.45) is 1.81. The van der Waals surface area contributed by atoms with Crippen molar-refractivity contribution < 1.29 is 9.53 Å². The molecule has 5 heteroatoms. The van der Waals surface area contributed by atoms with Gasteiger partial charge in [0.15, 0.2) is 0 Å². The Balaban J connectivity index is 2.71. The average molecular weight is 265 g/mol. The molecule has 5 nitrogen and oxygen atoms in total. The molecule has 0 aliphatic carbocycles. The van der Waals surface area contributed by atoms with Crippen LogP contribution in [0.15, 0.2) is 18.2 Å². The Morgan fingerprint density at radius 1 is 1.47 bits per heavy atom. The Morgan fingerprint density at radius 3 is 2.79 bits per heavy atom. The number of methoxy groups -OCH3 is 1. The van der Waals surface area contributed by atoms with E-state index in [-0.39, 0.29) is 11.9 Å². The van der Waals surface area contributed by atoms with Crippen LogP contribution in [0.5, 0.6) is 5.75 Å². The van der Waals surface area contributed by atoms with E-state index in [9.17, 15) is 4.79 Å². The van der Waals surface area contributed by atoms with Gasteiger partial charge in [-0.05, 0) is 44.6 Å². The highest BCUT2D eigenvalue weighted by atomic mass is 16.5. The molecule has 106 valence electrons. The molecule has 0 aliphatic heterocycles. The summed E-state index contributed by atoms with van der Waals surface area (Å²) < 4.78 is 5.12. The van der Waals surface area contributed by atoms with Crippen molar-refractivity contribution in [2.45, 2.75) is 25.8 Å². The van der Waals surface area contributed by atoms with Crippen molar-refractivity contribution in [1.29, 1.82) is 0 Å². The van der Waals surface area contributed by atoms with Gasteiger partial charge in [-0.25, -0.2) is 0 Å². The molecule has 0 saturated carbocycles. The molecule has 0 heterocycles. The Hall–Kier alpha value is -1.75. The maximum atomic E-state index is 12.1. The third-order valence-electron chi connectivity index (χ3n) is 3.07. The van der Waals surface area contributed by atoms with Gasteiger partial charge >= 0.3 is 0 Å². The number of nitrogens with one attached hydrogen (secondary N) is 2. The summed E-state index contributed by atoms with van der Waals surface area (Å²) in [5, 5.41) is 6.10. The lowest BCUT2D eigenvalue weighted by molar-refractivity contribution is 0.0933. The highest BCUT2D eigenvalue weighted by Crippen LogP contribution is 2.22. The van der Waals surface area contributed by atoms with Crippen molar-refractivity contribution in [1.82, 2.24) is 10.6 Å². The molecule has 19 heavy (non-hydrogen) atoms. The predicted molar refractivity (Wildman–Crippen MR) is 77.5 cm³/mol. The van der Waals surface area contributed by atoms with Crippen LogP contribution >= 0.6 is 0 Å². The van der Waals surface area contributed by atoms with Crippen molar-refractivity contribution in [2.24, 2.45) is 0 Å². The zero-order valence-electron chi connectivity index (χ0n) is 11.8. The van der Waals surface area contributed by atoms with Crippen LogP contribution in [-0.4, -0.2) is 32.7 Å². The quantitative estimate of drug-likeness (QED) is 0.651. The van der Waals surface area contributed by atoms with E-state index in [0.29, 0.717) is 17.0 Å². The van der Waals surface area contributed by atoms with Gasteiger partial charge < -0.3 is 21.1 Å². The van der Waals surface area contributed by atoms with Crippen molar-refractivity contribution in [3.05, 3.63) is 23.8 Å². The van der Waals surface area contributed by atoms with Gasteiger partial charge in [-0.2, -0.15) is 0 Å². The zero-order valence-corrected chi connectivity index (χ0v) is 11.8. The Morgan fingerprint density at radius 2 is 2.21 bits per heavy atom. The first-order chi connectivity index (χ1) is 9.12. The van der Waals surface area contributed by atoms with Crippen molar-refractivity contribution in [3.63, 3.8) is 0 Å². The Kier molecular flexibility index (Phi) is 6.15. The van der Waals surface area contributed by atoms with Gasteiger partial charge in [0, 0.05) is 11.6 Å². The monoisotopic (exact) mass is 265 g/mol. The fourth-order valence-electron chi connectivity index (χ4n) is 1.82. The minimum Gasteiger partial charge on any atom is -0.495 e. The maximum Gasteiger partial charge on any atom is 0.251 e. The minimum atomic E-state index is -0.0961. The Labute approximate surface area is 114 Å². The molecule has 0 fully saturated rings. The van der Waals surface area contributed by atoms with Crippen LogP contribution in [0.1, 0.15) is 30.1 Å². The number of hydrogen-bond donors (Lipinski definition) is 3. The van der Waals surface area contributed by atoms with Crippen LogP contribution in [0.4, 0.5) is 5.69 Å². The largest absolute Gasteiger partial charge is 0.495 e. The van der Waals surface area contributed by atoms with E-state index in [0.717, 1.165) is 19.4 Å². The lowest BCUT2D eigenvalue weighted by atomic mass is 10.1. The average Bonchev–Trinajstić information content (AvgIpc) is 2.43. The van der Waals surface area contributed by atoms with Crippen LogP contribution in [0.3, 0.4) is 0 Å². The number of benzene rings is 1. The number of rotatable bonds is 7. The second-order valence-corrected chi connectivity index (χ2v) is 4.43. The van der Waals surface area contributed by atoms with E-state index >= 15 is 0 Å². The number of nitrogen functional groups attached to an aromatic ring is 1. The first-order valence-corrected chi connectivity index (χ1v) is 6.51. The zero-order chi connectivity index (χ0) is 14.3. The highest BCUT2D eigenvalue weighted by Gasteiger charge is 2.13. The summed E-state index contributed by atoms with van der Waals surface area (Å²) in [5.74, 6) is 0.428. The van der Waals surface area contributed by atoms with E-state index in [1.54, 1.807) is 18.2 Å². The van der Waals surface area contributed by atoms with Gasteiger partial charge in [-0.1, -0.05) is 6.92 Å². The third kappa shape index (κ3) is 4.44. The molecule has 1 aromatic carbocycles. The lowest BCUT2D eigenvalue weighted by Crippen LogP contribution is -2.36. The molecule has 1 unspecified atom stereocenters. The highest BCUT2D eigenvalue weighted by molar-refractivity contribution is 5.95. The third-order valence-corrected chi connectivity index (χ3v) is 3.07. The molecule has 0 spiro atoms. The predicted octanol–water partition coefficient (Wildman–Crippen LogP) is 1.40. The topological polar surface area (TPSA) is 76.4 Å². The van der Waals surface area contributed by atoms with E-state index in [1.807, 2.05) is 7.05 Å². The second kappa shape index (κ2) is 7.63. The van der Waals surface area contributed by atoms with Crippen LogP contribution in [0.25, 0.3) is 0 Å². The summed E-state index contributed by atoms with van der Waals surface area (Å²) in [6.45, 7) is 2.94. The minimum absolute atomic E-state index is 0.0961. The lowest BCUT2D eigenvalue weighted by Gasteiger charge is -2.17. The number of ether oxygens (including phenoxy) is 1. The summed E-state index contributed by atoms with van der Waals surface area (Å²) >= 11 is 0. The van der Waals surface area contributed by atoms with Gasteiger partial charge in [-0.15, -0.1) is 0 Å². The molecule has 0 aromatic heterocycles. The van der Waals surface area contributed by atoms with Crippen LogP contribution in [0.2, 0.25) is 0 Å².